The van der Waals surface area contributed by atoms with E-state index < -0.39 is 11.6 Å². The standard InChI is InChI=1S/C29H50N2O7/c1-7-10-11-24(18-35-6)38-26(33)30-20-29(5)19-28(4,9-3)21-31(29)27(34)37-17-23-14-12-22(13-15-23)16-36-25(32)8-2/h8,22-24H,2,7,9-21H2,1,3-6H3,(H,30,33). The Morgan fingerprint density at radius 2 is 1.71 bits per heavy atom. The molecule has 9 nitrogen and oxygen atoms in total. The number of alkyl carbamates (subject to hydrolysis) is 1. The van der Waals surface area contributed by atoms with E-state index in [2.05, 4.69) is 32.7 Å². The number of carbonyl (C=O) groups excluding carboxylic acids is 3. The van der Waals surface area contributed by atoms with Gasteiger partial charge in [-0.05, 0) is 75.5 Å². The van der Waals surface area contributed by atoms with Crippen LogP contribution in [0.4, 0.5) is 9.59 Å². The Balaban J connectivity index is 1.89. The van der Waals surface area contributed by atoms with E-state index in [0.717, 1.165) is 57.8 Å². The lowest BCUT2D eigenvalue weighted by atomic mass is 9.81. The van der Waals surface area contributed by atoms with Crippen LogP contribution in [0.25, 0.3) is 0 Å². The minimum Gasteiger partial charge on any atom is -0.462 e. The highest BCUT2D eigenvalue weighted by atomic mass is 16.6. The summed E-state index contributed by atoms with van der Waals surface area (Å²) in [4.78, 5) is 39.0. The van der Waals surface area contributed by atoms with Crippen molar-refractivity contribution in [3.05, 3.63) is 12.7 Å². The van der Waals surface area contributed by atoms with Gasteiger partial charge < -0.3 is 29.2 Å². The van der Waals surface area contributed by atoms with Gasteiger partial charge in [0.2, 0.25) is 0 Å². The van der Waals surface area contributed by atoms with Crippen LogP contribution in [0.15, 0.2) is 12.7 Å². The monoisotopic (exact) mass is 538 g/mol. The number of ether oxygens (including phenoxy) is 4. The van der Waals surface area contributed by atoms with Crippen molar-refractivity contribution in [2.75, 3.05) is 40.0 Å². The van der Waals surface area contributed by atoms with Crippen LogP contribution in [0.5, 0.6) is 0 Å². The minimum absolute atomic E-state index is 0.0556. The van der Waals surface area contributed by atoms with E-state index in [-0.39, 0.29) is 23.6 Å². The molecule has 0 spiro atoms. The van der Waals surface area contributed by atoms with E-state index in [9.17, 15) is 14.4 Å². The predicted molar refractivity (Wildman–Crippen MR) is 146 cm³/mol. The molecule has 2 amide bonds. The molecule has 1 aliphatic carbocycles. The largest absolute Gasteiger partial charge is 0.462 e. The number of amides is 2. The van der Waals surface area contributed by atoms with Crippen molar-refractivity contribution < 1.29 is 33.3 Å². The lowest BCUT2D eigenvalue weighted by Gasteiger charge is -2.35. The highest BCUT2D eigenvalue weighted by molar-refractivity contribution is 5.81. The van der Waals surface area contributed by atoms with Crippen molar-refractivity contribution in [3.63, 3.8) is 0 Å². The normalized spacial score (nSPS) is 27.9. The van der Waals surface area contributed by atoms with Crippen molar-refractivity contribution in [2.24, 2.45) is 17.3 Å². The molecule has 2 rings (SSSR count). The number of methoxy groups -OCH3 is 1. The van der Waals surface area contributed by atoms with Gasteiger partial charge in [-0.15, -0.1) is 0 Å². The van der Waals surface area contributed by atoms with Gasteiger partial charge in [0.15, 0.2) is 0 Å². The molecule has 3 atom stereocenters. The third-order valence-electron chi connectivity index (χ3n) is 8.23. The van der Waals surface area contributed by atoms with E-state index in [1.165, 1.54) is 6.08 Å². The second kappa shape index (κ2) is 15.3. The number of unbranched alkanes of at least 4 members (excludes halogenated alkanes) is 1. The van der Waals surface area contributed by atoms with Crippen LogP contribution in [-0.2, 0) is 23.7 Å². The van der Waals surface area contributed by atoms with Crippen molar-refractivity contribution in [1.29, 1.82) is 0 Å². The van der Waals surface area contributed by atoms with E-state index in [1.54, 1.807) is 12.0 Å². The molecule has 0 radical (unpaired) electrons. The number of hydrogen-bond acceptors (Lipinski definition) is 7. The molecular weight excluding hydrogens is 488 g/mol. The van der Waals surface area contributed by atoms with Gasteiger partial charge in [0, 0.05) is 26.3 Å². The van der Waals surface area contributed by atoms with E-state index in [4.69, 9.17) is 18.9 Å². The fraction of sp³-hybridized carbons (Fsp3) is 0.828. The Hall–Kier alpha value is -2.29. The molecule has 0 aromatic carbocycles. The number of rotatable bonds is 14. The molecule has 1 N–H and O–H groups in total. The summed E-state index contributed by atoms with van der Waals surface area (Å²) in [5.74, 6) is 0.253. The van der Waals surface area contributed by atoms with Gasteiger partial charge in [-0.2, -0.15) is 0 Å². The fourth-order valence-corrected chi connectivity index (χ4v) is 5.66. The molecule has 38 heavy (non-hydrogen) atoms. The second-order valence-corrected chi connectivity index (χ2v) is 11.7. The molecule has 9 heteroatoms. The molecule has 1 saturated heterocycles. The van der Waals surface area contributed by atoms with E-state index >= 15 is 0 Å². The van der Waals surface area contributed by atoms with E-state index in [0.29, 0.717) is 44.7 Å². The van der Waals surface area contributed by atoms with Gasteiger partial charge in [0.25, 0.3) is 0 Å². The van der Waals surface area contributed by atoms with Crippen molar-refractivity contribution in [2.45, 2.75) is 97.1 Å². The Morgan fingerprint density at radius 3 is 2.26 bits per heavy atom. The molecule has 2 aliphatic rings. The second-order valence-electron chi connectivity index (χ2n) is 11.7. The van der Waals surface area contributed by atoms with Crippen LogP contribution in [-0.4, -0.2) is 74.7 Å². The summed E-state index contributed by atoms with van der Waals surface area (Å²) in [5.41, 5.74) is -0.631. The summed E-state index contributed by atoms with van der Waals surface area (Å²) in [6.45, 7) is 13.9. The highest BCUT2D eigenvalue weighted by Crippen LogP contribution is 2.44. The Labute approximate surface area is 229 Å². The number of likely N-dealkylation sites (tertiary alicyclic amines) is 1. The summed E-state index contributed by atoms with van der Waals surface area (Å²) in [6.07, 6.45) is 8.23. The Kier molecular flexibility index (Phi) is 12.9. The Bertz CT molecular complexity index is 783. The molecule has 1 heterocycles. The van der Waals surface area contributed by atoms with Crippen LogP contribution in [0.1, 0.15) is 85.5 Å². The number of nitrogens with one attached hydrogen (secondary N) is 1. The van der Waals surface area contributed by atoms with Crippen LogP contribution in [0.3, 0.4) is 0 Å². The lowest BCUT2D eigenvalue weighted by molar-refractivity contribution is -0.139. The molecule has 1 aliphatic heterocycles. The molecule has 1 saturated carbocycles. The quantitative estimate of drug-likeness (QED) is 0.178. The lowest BCUT2D eigenvalue weighted by Crippen LogP contribution is -2.53. The third-order valence-corrected chi connectivity index (χ3v) is 8.23. The zero-order valence-electron chi connectivity index (χ0n) is 24.2. The van der Waals surface area contributed by atoms with Crippen molar-refractivity contribution in [1.82, 2.24) is 10.2 Å². The van der Waals surface area contributed by atoms with Gasteiger partial charge in [-0.3, -0.25) is 0 Å². The zero-order chi connectivity index (χ0) is 28.2. The van der Waals surface area contributed by atoms with Crippen LogP contribution in [0.2, 0.25) is 0 Å². The smallest absolute Gasteiger partial charge is 0.410 e. The summed E-state index contributed by atoms with van der Waals surface area (Å²) in [5, 5.41) is 2.90. The SMILES string of the molecule is C=CC(=O)OCC1CCC(COC(=O)N2CC(C)(CC)CC2(C)CNC(=O)OC(CCCC)COC)CC1. The summed E-state index contributed by atoms with van der Waals surface area (Å²) in [7, 11) is 1.60. The maximum Gasteiger partial charge on any atom is 0.410 e. The topological polar surface area (TPSA) is 103 Å². The molecular formula is C29H50N2O7. The van der Waals surface area contributed by atoms with Gasteiger partial charge in [-0.25, -0.2) is 14.4 Å². The number of hydrogen-bond donors (Lipinski definition) is 1. The van der Waals surface area contributed by atoms with Gasteiger partial charge >= 0.3 is 18.2 Å². The molecule has 0 bridgehead atoms. The van der Waals surface area contributed by atoms with Crippen molar-refractivity contribution in [3.8, 4) is 0 Å². The number of nitrogens with zero attached hydrogens (tertiary/aromatic N) is 1. The summed E-state index contributed by atoms with van der Waals surface area (Å²) in [6, 6.07) is 0. The molecule has 0 aromatic rings. The van der Waals surface area contributed by atoms with Gasteiger partial charge in [-0.1, -0.05) is 33.8 Å². The Morgan fingerprint density at radius 1 is 1.08 bits per heavy atom. The first kappa shape index (κ1) is 31.9. The first-order valence-corrected chi connectivity index (χ1v) is 14.2. The van der Waals surface area contributed by atoms with Gasteiger partial charge in [0.1, 0.15) is 6.10 Å². The summed E-state index contributed by atoms with van der Waals surface area (Å²) >= 11 is 0. The molecule has 218 valence electrons. The molecule has 0 aromatic heterocycles. The van der Waals surface area contributed by atoms with Crippen LogP contribution < -0.4 is 5.32 Å². The van der Waals surface area contributed by atoms with Crippen molar-refractivity contribution >= 4 is 18.2 Å². The predicted octanol–water partition coefficient (Wildman–Crippen LogP) is 5.47. The van der Waals surface area contributed by atoms with Crippen LogP contribution >= 0.6 is 0 Å². The van der Waals surface area contributed by atoms with E-state index in [1.807, 2.05) is 6.92 Å². The number of esters is 1. The van der Waals surface area contributed by atoms with Crippen LogP contribution in [0, 0.1) is 17.3 Å². The fourth-order valence-electron chi connectivity index (χ4n) is 5.66. The maximum atomic E-state index is 13.3. The highest BCUT2D eigenvalue weighted by Gasteiger charge is 2.50. The average molecular weight is 539 g/mol. The summed E-state index contributed by atoms with van der Waals surface area (Å²) < 4.78 is 21.8. The molecule has 3 unspecified atom stereocenters. The molecule has 2 fully saturated rings. The third kappa shape index (κ3) is 9.79. The first-order chi connectivity index (χ1) is 18.1. The van der Waals surface area contributed by atoms with Gasteiger partial charge in [0.05, 0.1) is 25.4 Å². The first-order valence-electron chi connectivity index (χ1n) is 14.2. The maximum absolute atomic E-state index is 13.3. The average Bonchev–Trinajstić information content (AvgIpc) is 3.19. The minimum atomic E-state index is -0.576. The zero-order valence-corrected chi connectivity index (χ0v) is 24.2. The number of carbonyl (C=O) groups is 3.